The second-order valence-electron chi connectivity index (χ2n) is 6.59. The Kier molecular flexibility index (Phi) is 7.87. The average molecular weight is 404 g/mol. The second kappa shape index (κ2) is 10.1. The van der Waals surface area contributed by atoms with Crippen LogP contribution in [-0.2, 0) is 16.4 Å². The zero-order chi connectivity index (χ0) is 20.6. The Morgan fingerprint density at radius 1 is 1.18 bits per heavy atom. The molecule has 0 saturated heterocycles. The third-order valence-electron chi connectivity index (χ3n) is 4.47. The normalized spacial score (nSPS) is 13.1. The molecule has 2 aromatic carbocycles. The van der Waals surface area contributed by atoms with Crippen LogP contribution >= 0.6 is 0 Å². The molecular weight excluding hydrogens is 374 g/mol. The maximum Gasteiger partial charge on any atom is 0.191 e. The summed E-state index contributed by atoms with van der Waals surface area (Å²) in [6.07, 6.45) is 0.653. The molecule has 1 unspecified atom stereocenters. The van der Waals surface area contributed by atoms with E-state index in [2.05, 4.69) is 15.6 Å². The lowest BCUT2D eigenvalue weighted by molar-refractivity contribution is 0.408. The van der Waals surface area contributed by atoms with Crippen molar-refractivity contribution in [3.05, 3.63) is 59.7 Å². The molecule has 0 aliphatic rings. The van der Waals surface area contributed by atoms with Crippen LogP contribution in [-0.4, -0.2) is 40.3 Å². The van der Waals surface area contributed by atoms with E-state index in [0.29, 0.717) is 23.8 Å². The van der Waals surface area contributed by atoms with Gasteiger partial charge in [-0.2, -0.15) is 0 Å². The van der Waals surface area contributed by atoms with Crippen molar-refractivity contribution >= 4 is 15.8 Å². The molecule has 0 saturated carbocycles. The fraction of sp³-hybridized carbons (Fsp3) is 0.381. The largest absolute Gasteiger partial charge is 0.496 e. The van der Waals surface area contributed by atoms with Crippen molar-refractivity contribution in [3.63, 3.8) is 0 Å². The molecule has 28 heavy (non-hydrogen) atoms. The van der Waals surface area contributed by atoms with Gasteiger partial charge in [-0.15, -0.1) is 0 Å². The lowest BCUT2D eigenvalue weighted by atomic mass is 10.1. The number of nitrogens with one attached hydrogen (secondary N) is 2. The number of benzene rings is 2. The van der Waals surface area contributed by atoms with Gasteiger partial charge < -0.3 is 15.4 Å². The average Bonchev–Trinajstić information content (AvgIpc) is 2.71. The van der Waals surface area contributed by atoms with Gasteiger partial charge in [0, 0.05) is 25.2 Å². The van der Waals surface area contributed by atoms with E-state index in [0.717, 1.165) is 16.9 Å². The van der Waals surface area contributed by atoms with E-state index < -0.39 is 9.84 Å². The number of aliphatic imine (C=N–C) groups is 1. The van der Waals surface area contributed by atoms with E-state index in [9.17, 15) is 8.42 Å². The summed E-state index contributed by atoms with van der Waals surface area (Å²) in [5.41, 5.74) is 2.13. The smallest absolute Gasteiger partial charge is 0.191 e. The number of nitrogens with zero attached hydrogens (tertiary/aromatic N) is 1. The first-order valence-electron chi connectivity index (χ1n) is 9.28. The SMILES string of the molecule is CCC(CS(=O)(=O)c1ccccc1)NC(=NC)NCc1ccc(C)cc1OC. The van der Waals surface area contributed by atoms with Crippen molar-refractivity contribution in [3.8, 4) is 5.75 Å². The first-order valence-corrected chi connectivity index (χ1v) is 10.9. The van der Waals surface area contributed by atoms with Crippen LogP contribution < -0.4 is 15.4 Å². The zero-order valence-electron chi connectivity index (χ0n) is 16.9. The standard InChI is InChI=1S/C21H29N3O3S/c1-5-18(15-28(25,26)19-9-7-6-8-10-19)24-21(22-3)23-14-17-12-11-16(2)13-20(17)27-4/h6-13,18H,5,14-15H2,1-4H3,(H2,22,23,24). The monoisotopic (exact) mass is 403 g/mol. The predicted octanol–water partition coefficient (Wildman–Crippen LogP) is 2.92. The van der Waals surface area contributed by atoms with Gasteiger partial charge in [0.25, 0.3) is 0 Å². The Morgan fingerprint density at radius 3 is 2.50 bits per heavy atom. The van der Waals surface area contributed by atoms with E-state index in [1.54, 1.807) is 44.5 Å². The molecule has 2 aromatic rings. The molecule has 0 fully saturated rings. The number of methoxy groups -OCH3 is 1. The Balaban J connectivity index is 2.02. The van der Waals surface area contributed by atoms with E-state index >= 15 is 0 Å². The van der Waals surface area contributed by atoms with Crippen LogP contribution in [0.5, 0.6) is 5.75 Å². The van der Waals surface area contributed by atoms with Gasteiger partial charge in [0.05, 0.1) is 17.8 Å². The first kappa shape index (κ1) is 21.8. The van der Waals surface area contributed by atoms with Gasteiger partial charge in [0.15, 0.2) is 15.8 Å². The van der Waals surface area contributed by atoms with Gasteiger partial charge in [0.2, 0.25) is 0 Å². The van der Waals surface area contributed by atoms with Crippen molar-refractivity contribution in [1.29, 1.82) is 0 Å². The minimum atomic E-state index is -3.37. The van der Waals surface area contributed by atoms with Gasteiger partial charge in [-0.1, -0.05) is 37.3 Å². The number of ether oxygens (including phenoxy) is 1. The molecule has 7 heteroatoms. The Bertz CT molecular complexity index is 896. The molecule has 2 rings (SSSR count). The molecule has 0 radical (unpaired) electrons. The first-order chi connectivity index (χ1) is 13.4. The summed E-state index contributed by atoms with van der Waals surface area (Å²) in [5, 5.41) is 6.45. The van der Waals surface area contributed by atoms with Crippen molar-refractivity contribution in [2.75, 3.05) is 19.9 Å². The van der Waals surface area contributed by atoms with Crippen LogP contribution in [0.2, 0.25) is 0 Å². The molecule has 0 spiro atoms. The summed E-state index contributed by atoms with van der Waals surface area (Å²) in [5.74, 6) is 1.36. The highest BCUT2D eigenvalue weighted by molar-refractivity contribution is 7.91. The lowest BCUT2D eigenvalue weighted by Crippen LogP contribution is -2.45. The summed E-state index contributed by atoms with van der Waals surface area (Å²) >= 11 is 0. The van der Waals surface area contributed by atoms with Crippen LogP contribution in [0.1, 0.15) is 24.5 Å². The second-order valence-corrected chi connectivity index (χ2v) is 8.62. The number of hydrogen-bond donors (Lipinski definition) is 2. The molecule has 0 aromatic heterocycles. The fourth-order valence-corrected chi connectivity index (χ4v) is 4.43. The maximum absolute atomic E-state index is 12.6. The van der Waals surface area contributed by atoms with Crippen molar-refractivity contribution < 1.29 is 13.2 Å². The van der Waals surface area contributed by atoms with Crippen molar-refractivity contribution in [2.24, 2.45) is 4.99 Å². The summed E-state index contributed by atoms with van der Waals surface area (Å²) in [7, 11) is -0.0607. The number of sulfone groups is 1. The van der Waals surface area contributed by atoms with Gasteiger partial charge in [-0.25, -0.2) is 8.42 Å². The third-order valence-corrected chi connectivity index (χ3v) is 6.30. The topological polar surface area (TPSA) is 79.8 Å². The molecule has 0 amide bonds. The highest BCUT2D eigenvalue weighted by Gasteiger charge is 2.21. The molecule has 0 aliphatic carbocycles. The van der Waals surface area contributed by atoms with Gasteiger partial charge >= 0.3 is 0 Å². The highest BCUT2D eigenvalue weighted by Crippen LogP contribution is 2.19. The predicted molar refractivity (Wildman–Crippen MR) is 114 cm³/mol. The number of hydrogen-bond acceptors (Lipinski definition) is 4. The van der Waals surface area contributed by atoms with Crippen molar-refractivity contribution in [1.82, 2.24) is 10.6 Å². The Morgan fingerprint density at radius 2 is 1.89 bits per heavy atom. The van der Waals surface area contributed by atoms with Gasteiger partial charge in [0.1, 0.15) is 5.75 Å². The molecule has 0 bridgehead atoms. The van der Waals surface area contributed by atoms with E-state index in [1.807, 2.05) is 32.0 Å². The van der Waals surface area contributed by atoms with Crippen LogP contribution in [0.25, 0.3) is 0 Å². The molecule has 152 valence electrons. The molecule has 0 aliphatic heterocycles. The molecule has 6 nitrogen and oxygen atoms in total. The molecule has 2 N–H and O–H groups in total. The van der Waals surface area contributed by atoms with E-state index in [4.69, 9.17) is 4.74 Å². The fourth-order valence-electron chi connectivity index (χ4n) is 2.82. The summed E-state index contributed by atoms with van der Waals surface area (Å²) in [4.78, 5) is 4.56. The maximum atomic E-state index is 12.6. The Labute approximate surface area is 168 Å². The molecule has 1 atom stereocenters. The van der Waals surface area contributed by atoms with Crippen LogP contribution in [0.4, 0.5) is 0 Å². The molecular formula is C21H29N3O3S. The van der Waals surface area contributed by atoms with Crippen molar-refractivity contribution in [2.45, 2.75) is 37.8 Å². The zero-order valence-corrected chi connectivity index (χ0v) is 17.7. The Hall–Kier alpha value is -2.54. The van der Waals surface area contributed by atoms with Gasteiger partial charge in [-0.3, -0.25) is 4.99 Å². The highest BCUT2D eigenvalue weighted by atomic mass is 32.2. The summed E-state index contributed by atoms with van der Waals surface area (Å²) < 4.78 is 30.7. The third kappa shape index (κ3) is 5.99. The van der Waals surface area contributed by atoms with Crippen LogP contribution in [0.3, 0.4) is 0 Å². The lowest BCUT2D eigenvalue weighted by Gasteiger charge is -2.21. The van der Waals surface area contributed by atoms with Crippen LogP contribution in [0, 0.1) is 6.92 Å². The molecule has 0 heterocycles. The van der Waals surface area contributed by atoms with Gasteiger partial charge in [-0.05, 0) is 37.1 Å². The van der Waals surface area contributed by atoms with E-state index in [-0.39, 0.29) is 11.8 Å². The number of guanidine groups is 1. The minimum absolute atomic E-state index is 0.00205. The number of aryl methyl sites for hydroxylation is 1. The van der Waals surface area contributed by atoms with E-state index in [1.165, 1.54) is 0 Å². The summed E-state index contributed by atoms with van der Waals surface area (Å²) in [6.45, 7) is 4.48. The minimum Gasteiger partial charge on any atom is -0.496 e. The quantitative estimate of drug-likeness (QED) is 0.523. The van der Waals surface area contributed by atoms with Crippen LogP contribution in [0.15, 0.2) is 58.4 Å². The summed E-state index contributed by atoms with van der Waals surface area (Å²) in [6, 6.07) is 14.3. The number of rotatable bonds is 8.